The summed E-state index contributed by atoms with van der Waals surface area (Å²) in [5.74, 6) is 0.314. The molecule has 3 unspecified atom stereocenters. The number of hydrogen-bond acceptors (Lipinski definition) is 3. The Morgan fingerprint density at radius 2 is 2.20 bits per heavy atom. The third kappa shape index (κ3) is 2.23. The fourth-order valence-electron chi connectivity index (χ4n) is 2.40. The van der Waals surface area contributed by atoms with Gasteiger partial charge in [-0.15, -0.1) is 0 Å². The number of carbonyl (C=O) groups is 1. The van der Waals surface area contributed by atoms with E-state index in [2.05, 4.69) is 6.58 Å². The number of rotatable bonds is 3. The van der Waals surface area contributed by atoms with Crippen molar-refractivity contribution in [2.24, 2.45) is 5.92 Å². The topological polar surface area (TPSA) is 35.5 Å². The highest BCUT2D eigenvalue weighted by Gasteiger charge is 2.43. The zero-order valence-electron chi connectivity index (χ0n) is 9.20. The van der Waals surface area contributed by atoms with Gasteiger partial charge in [-0.2, -0.15) is 0 Å². The summed E-state index contributed by atoms with van der Waals surface area (Å²) in [5.41, 5.74) is 0.453. The standard InChI is InChI=1S/C12H18O3/c1-8(2)12(13)14-7-11-9-5-3-4-6-10(9)15-11/h9-11H,1,3-7H2,2H3. The zero-order valence-corrected chi connectivity index (χ0v) is 9.20. The number of carbonyl (C=O) groups excluding carboxylic acids is 1. The Kier molecular flexibility index (Phi) is 3.10. The third-order valence-corrected chi connectivity index (χ3v) is 3.31. The van der Waals surface area contributed by atoms with Crippen LogP contribution >= 0.6 is 0 Å². The molecule has 0 bridgehead atoms. The van der Waals surface area contributed by atoms with Crippen molar-refractivity contribution < 1.29 is 14.3 Å². The first-order valence-corrected chi connectivity index (χ1v) is 5.66. The van der Waals surface area contributed by atoms with Crippen LogP contribution < -0.4 is 0 Å². The summed E-state index contributed by atoms with van der Waals surface area (Å²) in [6.07, 6.45) is 5.54. The Hall–Kier alpha value is -0.830. The molecule has 2 rings (SSSR count). The quantitative estimate of drug-likeness (QED) is 0.528. The first-order chi connectivity index (χ1) is 7.18. The molecule has 0 N–H and O–H groups in total. The van der Waals surface area contributed by atoms with Crippen molar-refractivity contribution in [1.82, 2.24) is 0 Å². The first kappa shape index (κ1) is 10.7. The Bertz CT molecular complexity index is 272. The SMILES string of the molecule is C=C(C)C(=O)OCC1OC2CCCCC21. The molecule has 0 spiro atoms. The van der Waals surface area contributed by atoms with E-state index in [9.17, 15) is 4.79 Å². The lowest BCUT2D eigenvalue weighted by Crippen LogP contribution is -2.52. The van der Waals surface area contributed by atoms with Gasteiger partial charge in [0.25, 0.3) is 0 Å². The Labute approximate surface area is 90.4 Å². The second-order valence-electron chi connectivity index (χ2n) is 4.54. The Balaban J connectivity index is 1.73. The number of ether oxygens (including phenoxy) is 2. The first-order valence-electron chi connectivity index (χ1n) is 5.66. The van der Waals surface area contributed by atoms with Crippen molar-refractivity contribution >= 4 is 5.97 Å². The van der Waals surface area contributed by atoms with E-state index in [0.29, 0.717) is 24.2 Å². The number of fused-ring (bicyclic) bond motifs is 1. The van der Waals surface area contributed by atoms with Gasteiger partial charge >= 0.3 is 5.97 Å². The van der Waals surface area contributed by atoms with Crippen molar-refractivity contribution in [3.05, 3.63) is 12.2 Å². The van der Waals surface area contributed by atoms with Crippen molar-refractivity contribution in [2.45, 2.75) is 44.8 Å². The van der Waals surface area contributed by atoms with Crippen molar-refractivity contribution in [3.8, 4) is 0 Å². The van der Waals surface area contributed by atoms with Crippen LogP contribution in [0.2, 0.25) is 0 Å². The molecule has 15 heavy (non-hydrogen) atoms. The maximum Gasteiger partial charge on any atom is 0.333 e. The molecule has 1 aliphatic carbocycles. The molecule has 1 aliphatic heterocycles. The predicted molar refractivity (Wildman–Crippen MR) is 56.4 cm³/mol. The van der Waals surface area contributed by atoms with E-state index in [1.807, 2.05) is 0 Å². The molecule has 0 radical (unpaired) electrons. The number of hydrogen-bond donors (Lipinski definition) is 0. The van der Waals surface area contributed by atoms with Crippen LogP contribution in [0.3, 0.4) is 0 Å². The fourth-order valence-corrected chi connectivity index (χ4v) is 2.40. The van der Waals surface area contributed by atoms with Crippen LogP contribution in [0.4, 0.5) is 0 Å². The zero-order chi connectivity index (χ0) is 10.8. The normalized spacial score (nSPS) is 33.8. The summed E-state index contributed by atoms with van der Waals surface area (Å²) in [4.78, 5) is 11.2. The lowest BCUT2D eigenvalue weighted by atomic mass is 9.78. The van der Waals surface area contributed by atoms with Gasteiger partial charge in [-0.25, -0.2) is 4.79 Å². The van der Waals surface area contributed by atoms with E-state index >= 15 is 0 Å². The van der Waals surface area contributed by atoms with E-state index in [0.717, 1.165) is 0 Å². The van der Waals surface area contributed by atoms with Gasteiger partial charge in [0.1, 0.15) is 6.61 Å². The molecule has 2 fully saturated rings. The third-order valence-electron chi connectivity index (χ3n) is 3.31. The van der Waals surface area contributed by atoms with Crippen LogP contribution in [0.5, 0.6) is 0 Å². The summed E-state index contributed by atoms with van der Waals surface area (Å²) in [7, 11) is 0. The van der Waals surface area contributed by atoms with Crippen LogP contribution in [0.15, 0.2) is 12.2 Å². The molecule has 1 saturated carbocycles. The average Bonchev–Trinajstić information content (AvgIpc) is 2.19. The summed E-state index contributed by atoms with van der Waals surface area (Å²) in [6.45, 7) is 5.60. The summed E-state index contributed by atoms with van der Waals surface area (Å²) >= 11 is 0. The van der Waals surface area contributed by atoms with Crippen LogP contribution in [0, 0.1) is 5.92 Å². The molecule has 2 aliphatic rings. The van der Waals surface area contributed by atoms with Crippen molar-refractivity contribution in [2.75, 3.05) is 6.61 Å². The van der Waals surface area contributed by atoms with E-state index in [1.54, 1.807) is 6.92 Å². The van der Waals surface area contributed by atoms with Gasteiger partial charge in [-0.05, 0) is 19.8 Å². The summed E-state index contributed by atoms with van der Waals surface area (Å²) in [5, 5.41) is 0. The molecule has 84 valence electrons. The Morgan fingerprint density at radius 1 is 1.47 bits per heavy atom. The maximum absolute atomic E-state index is 11.2. The molecular weight excluding hydrogens is 192 g/mol. The predicted octanol–water partition coefficient (Wildman–Crippen LogP) is 2.06. The molecule has 0 aromatic rings. The largest absolute Gasteiger partial charge is 0.460 e. The highest BCUT2D eigenvalue weighted by molar-refractivity contribution is 5.86. The van der Waals surface area contributed by atoms with E-state index in [-0.39, 0.29) is 12.1 Å². The maximum atomic E-state index is 11.2. The van der Waals surface area contributed by atoms with Gasteiger partial charge < -0.3 is 9.47 Å². The minimum absolute atomic E-state index is 0.138. The highest BCUT2D eigenvalue weighted by Crippen LogP contribution is 2.39. The molecule has 3 nitrogen and oxygen atoms in total. The van der Waals surface area contributed by atoms with Crippen molar-refractivity contribution in [1.29, 1.82) is 0 Å². The highest BCUT2D eigenvalue weighted by atomic mass is 16.6. The fraction of sp³-hybridized carbons (Fsp3) is 0.750. The minimum atomic E-state index is -0.308. The van der Waals surface area contributed by atoms with Crippen LogP contribution in [-0.4, -0.2) is 24.8 Å². The van der Waals surface area contributed by atoms with Gasteiger partial charge in [0.15, 0.2) is 0 Å². The molecule has 0 aromatic heterocycles. The van der Waals surface area contributed by atoms with Gasteiger partial charge in [-0.1, -0.05) is 19.4 Å². The lowest BCUT2D eigenvalue weighted by Gasteiger charge is -2.47. The Morgan fingerprint density at radius 3 is 2.87 bits per heavy atom. The van der Waals surface area contributed by atoms with E-state index in [1.165, 1.54) is 25.7 Å². The second-order valence-corrected chi connectivity index (χ2v) is 4.54. The van der Waals surface area contributed by atoms with Gasteiger partial charge in [-0.3, -0.25) is 0 Å². The van der Waals surface area contributed by atoms with Crippen LogP contribution in [0.25, 0.3) is 0 Å². The van der Waals surface area contributed by atoms with Crippen molar-refractivity contribution in [3.63, 3.8) is 0 Å². The molecule has 0 amide bonds. The van der Waals surface area contributed by atoms with Crippen LogP contribution in [0.1, 0.15) is 32.6 Å². The molecule has 3 heteroatoms. The summed E-state index contributed by atoms with van der Waals surface area (Å²) in [6, 6.07) is 0. The molecule has 1 heterocycles. The van der Waals surface area contributed by atoms with Gasteiger partial charge in [0, 0.05) is 11.5 Å². The second kappa shape index (κ2) is 4.35. The monoisotopic (exact) mass is 210 g/mol. The molecule has 3 atom stereocenters. The average molecular weight is 210 g/mol. The van der Waals surface area contributed by atoms with Gasteiger partial charge in [0.05, 0.1) is 12.2 Å². The van der Waals surface area contributed by atoms with E-state index < -0.39 is 0 Å². The van der Waals surface area contributed by atoms with Crippen LogP contribution in [-0.2, 0) is 14.3 Å². The summed E-state index contributed by atoms with van der Waals surface area (Å²) < 4.78 is 10.8. The lowest BCUT2D eigenvalue weighted by molar-refractivity contribution is -0.217. The molecule has 1 saturated heterocycles. The molecule has 0 aromatic carbocycles. The molecular formula is C12H18O3. The minimum Gasteiger partial charge on any atom is -0.460 e. The number of esters is 1. The van der Waals surface area contributed by atoms with Gasteiger partial charge in [0.2, 0.25) is 0 Å². The smallest absolute Gasteiger partial charge is 0.333 e. The van der Waals surface area contributed by atoms with E-state index in [4.69, 9.17) is 9.47 Å².